The zero-order valence-electron chi connectivity index (χ0n) is 19.0. The van der Waals surface area contributed by atoms with Gasteiger partial charge in [-0.05, 0) is 124 Å². The maximum Gasteiger partial charge on any atom is 0.0964 e. The molecule has 0 spiro atoms. The molecule has 29 heavy (non-hydrogen) atoms. The molecule has 0 atom stereocenters. The molecule has 0 bridgehead atoms. The Morgan fingerprint density at radius 3 is 1.62 bits per heavy atom. The smallest absolute Gasteiger partial charge is 0.0964 e. The number of benzene rings is 2. The molecule has 1 aromatic heterocycles. The van der Waals surface area contributed by atoms with Crippen LogP contribution < -0.4 is 0 Å². The first-order chi connectivity index (χ1) is 13.0. The summed E-state index contributed by atoms with van der Waals surface area (Å²) >= 11 is 0. The second-order valence-electron chi connectivity index (χ2n) is 8.31. The van der Waals surface area contributed by atoms with Crippen molar-refractivity contribution in [2.45, 2.75) is 68.9 Å². The molecule has 0 aliphatic heterocycles. The summed E-state index contributed by atoms with van der Waals surface area (Å²) < 4.78 is 2.07. The largest absolute Gasteiger partial charge is 0.662 e. The quantitative estimate of drug-likeness (QED) is 0.354. The number of carbonyl (C=O) groups is 1. The van der Waals surface area contributed by atoms with Gasteiger partial charge in [-0.25, -0.2) is 0 Å². The van der Waals surface area contributed by atoms with Crippen molar-refractivity contribution in [2.75, 3.05) is 0 Å². The molecule has 0 fully saturated rings. The molecule has 4 heteroatoms. The maximum absolute atomic E-state index is 12.2. The van der Waals surface area contributed by atoms with E-state index in [1.807, 2.05) is 6.07 Å². The Hall–Kier alpha value is -1.86. The molecule has 1 heterocycles. The standard InChI is InChI=1S/C25H32N2O.W/c1-12-13(2)18(7)22(19(8)14(12)3)11-27-23(25(26)28)10-21-17(6)15(4)16(5)20(9)24(21)27;/h10H,11H2,1-9H3,(H2,26,28);/p-1. The zero-order chi connectivity index (χ0) is 21.1. The van der Waals surface area contributed by atoms with Gasteiger partial charge in [0.1, 0.15) is 0 Å². The van der Waals surface area contributed by atoms with Crippen molar-refractivity contribution in [2.24, 2.45) is 0 Å². The van der Waals surface area contributed by atoms with E-state index in [2.05, 4.69) is 66.9 Å². The monoisotopic (exact) mass is 559 g/mol. The Morgan fingerprint density at radius 1 is 0.724 bits per heavy atom. The summed E-state index contributed by atoms with van der Waals surface area (Å²) in [7, 11) is 0. The molecule has 3 nitrogen and oxygen atoms in total. The fraction of sp³-hybridized carbons (Fsp3) is 0.400. The van der Waals surface area contributed by atoms with Crippen molar-refractivity contribution in [1.82, 2.24) is 4.57 Å². The summed E-state index contributed by atoms with van der Waals surface area (Å²) in [6.07, 6.45) is 0. The van der Waals surface area contributed by atoms with Crippen molar-refractivity contribution >= 4 is 16.8 Å². The Kier molecular flexibility index (Phi) is 6.55. The van der Waals surface area contributed by atoms with Gasteiger partial charge < -0.3 is 15.1 Å². The first-order valence-corrected chi connectivity index (χ1v) is 9.90. The Bertz CT molecular complexity index is 1120. The number of nitrogens with one attached hydrogen (secondary N) is 1. The van der Waals surface area contributed by atoms with E-state index in [-0.39, 0.29) is 21.1 Å². The third-order valence-electron chi connectivity index (χ3n) is 7.25. The number of nitrogens with zero attached hydrogens (tertiary/aromatic N) is 1. The van der Waals surface area contributed by atoms with Crippen molar-refractivity contribution in [3.63, 3.8) is 0 Å². The van der Waals surface area contributed by atoms with Crippen LogP contribution in [0.15, 0.2) is 6.07 Å². The first kappa shape index (κ1) is 23.4. The van der Waals surface area contributed by atoms with Crippen LogP contribution >= 0.6 is 0 Å². The van der Waals surface area contributed by atoms with Crippen LogP contribution in [0.4, 0.5) is 0 Å². The second-order valence-corrected chi connectivity index (χ2v) is 8.31. The SMILES string of the molecule is Cc1c(C)c(C)c(Cn2c(C([NH-])=O)cc3c(C)c(C)c(C)c(C)c32)c(C)c1C.[W]. The van der Waals surface area contributed by atoms with E-state index in [1.54, 1.807) is 0 Å². The van der Waals surface area contributed by atoms with Gasteiger partial charge in [0.15, 0.2) is 0 Å². The molecule has 0 saturated carbocycles. The molecule has 3 rings (SSSR count). The molecule has 154 valence electrons. The van der Waals surface area contributed by atoms with Crippen LogP contribution in [0.25, 0.3) is 16.6 Å². The predicted octanol–water partition coefficient (Wildman–Crippen LogP) is 6.66. The van der Waals surface area contributed by atoms with Gasteiger partial charge in [-0.1, -0.05) is 0 Å². The number of carbonyl (C=O) groups excluding carboxylic acids is 1. The minimum Gasteiger partial charge on any atom is -0.662 e. The van der Waals surface area contributed by atoms with Crippen molar-refractivity contribution in [3.8, 4) is 0 Å². The molecule has 0 aliphatic carbocycles. The Balaban J connectivity index is 0.00000300. The van der Waals surface area contributed by atoms with Crippen LogP contribution in [0.1, 0.15) is 66.1 Å². The molecule has 3 aromatic rings. The van der Waals surface area contributed by atoms with Gasteiger partial charge in [-0.2, -0.15) is 0 Å². The second kappa shape index (κ2) is 8.11. The first-order valence-electron chi connectivity index (χ1n) is 9.90. The Labute approximate surface area is 188 Å². The number of aryl methyl sites for hydroxylation is 2. The molecule has 0 unspecified atom stereocenters. The molecular formula is C25H31N2OW-. The number of hydrogen-bond acceptors (Lipinski definition) is 1. The molecule has 0 saturated heterocycles. The van der Waals surface area contributed by atoms with Gasteiger partial charge in [0, 0.05) is 33.0 Å². The van der Waals surface area contributed by atoms with Crippen LogP contribution in [0, 0.1) is 62.3 Å². The predicted molar refractivity (Wildman–Crippen MR) is 119 cm³/mol. The summed E-state index contributed by atoms with van der Waals surface area (Å²) in [6, 6.07) is 1.91. The number of rotatable bonds is 3. The average Bonchev–Trinajstić information content (AvgIpc) is 3.04. The van der Waals surface area contributed by atoms with Crippen LogP contribution in [0.3, 0.4) is 0 Å². The van der Waals surface area contributed by atoms with E-state index < -0.39 is 5.91 Å². The number of hydrogen-bond donors (Lipinski definition) is 0. The normalized spacial score (nSPS) is 11.1. The van der Waals surface area contributed by atoms with Gasteiger partial charge in [-0.15, -0.1) is 0 Å². The van der Waals surface area contributed by atoms with Gasteiger partial charge in [0.05, 0.1) is 17.1 Å². The average molecular weight is 559 g/mol. The van der Waals surface area contributed by atoms with E-state index in [0.717, 1.165) is 10.9 Å². The fourth-order valence-corrected chi connectivity index (χ4v) is 4.51. The van der Waals surface area contributed by atoms with Crippen molar-refractivity contribution in [1.29, 1.82) is 0 Å². The molecule has 1 amide bonds. The number of aromatic nitrogens is 1. The summed E-state index contributed by atoms with van der Waals surface area (Å²) in [4.78, 5) is 12.2. The molecular weight excluding hydrogens is 528 g/mol. The third-order valence-corrected chi connectivity index (χ3v) is 7.25. The topological polar surface area (TPSA) is 45.8 Å². The Morgan fingerprint density at radius 2 is 1.14 bits per heavy atom. The van der Waals surface area contributed by atoms with E-state index in [0.29, 0.717) is 12.2 Å². The minimum absolute atomic E-state index is 0. The summed E-state index contributed by atoms with van der Waals surface area (Å²) in [6.45, 7) is 20.0. The number of fused-ring (bicyclic) bond motifs is 1. The van der Waals surface area contributed by atoms with Crippen LogP contribution in [0.5, 0.6) is 0 Å². The van der Waals surface area contributed by atoms with Crippen LogP contribution in [-0.4, -0.2) is 10.5 Å². The van der Waals surface area contributed by atoms with Gasteiger partial charge in [0.2, 0.25) is 0 Å². The van der Waals surface area contributed by atoms with E-state index in [9.17, 15) is 4.79 Å². The fourth-order valence-electron chi connectivity index (χ4n) is 4.51. The van der Waals surface area contributed by atoms with E-state index in [1.165, 1.54) is 55.6 Å². The van der Waals surface area contributed by atoms with E-state index in [4.69, 9.17) is 5.73 Å². The minimum atomic E-state index is -0.624. The van der Waals surface area contributed by atoms with E-state index >= 15 is 0 Å². The summed E-state index contributed by atoms with van der Waals surface area (Å²) in [5.41, 5.74) is 22.1. The molecule has 0 aliphatic rings. The van der Waals surface area contributed by atoms with Gasteiger partial charge >= 0.3 is 0 Å². The van der Waals surface area contributed by atoms with Crippen molar-refractivity contribution < 1.29 is 25.9 Å². The van der Waals surface area contributed by atoms with Crippen molar-refractivity contribution in [3.05, 3.63) is 73.1 Å². The zero-order valence-corrected chi connectivity index (χ0v) is 22.0. The van der Waals surface area contributed by atoms with Crippen LogP contribution in [-0.2, 0) is 27.6 Å². The van der Waals surface area contributed by atoms with Gasteiger partial charge in [0.25, 0.3) is 0 Å². The number of amides is 1. The molecule has 2 aromatic carbocycles. The van der Waals surface area contributed by atoms with Crippen LogP contribution in [0.2, 0.25) is 0 Å². The van der Waals surface area contributed by atoms with Gasteiger partial charge in [-0.3, -0.25) is 0 Å². The molecule has 0 radical (unpaired) electrons. The summed E-state index contributed by atoms with van der Waals surface area (Å²) in [5.74, 6) is -0.624. The summed E-state index contributed by atoms with van der Waals surface area (Å²) in [5, 5.41) is 1.09. The maximum atomic E-state index is 12.2. The third kappa shape index (κ3) is 3.48. The molecule has 1 N–H and O–H groups in total.